The summed E-state index contributed by atoms with van der Waals surface area (Å²) in [7, 11) is 0. The summed E-state index contributed by atoms with van der Waals surface area (Å²) < 4.78 is 1.03. The second-order valence-electron chi connectivity index (χ2n) is 5.93. The number of ketones is 1. The van der Waals surface area contributed by atoms with Crippen LogP contribution in [0, 0.1) is 41.5 Å². The standard InChI is InChI=1S/C19H21BrO/c1-10-7-11(2)16(12(3)8-10)19(21)17-13(4)9-14(5)18(20)15(17)6/h7-9H,1-6H3. The van der Waals surface area contributed by atoms with E-state index in [9.17, 15) is 4.79 Å². The molecular formula is C19H21BrO. The van der Waals surface area contributed by atoms with Gasteiger partial charge >= 0.3 is 0 Å². The zero-order valence-corrected chi connectivity index (χ0v) is 15.1. The predicted octanol–water partition coefficient (Wildman–Crippen LogP) is 5.53. The Morgan fingerprint density at radius 1 is 0.762 bits per heavy atom. The second kappa shape index (κ2) is 5.76. The van der Waals surface area contributed by atoms with E-state index in [-0.39, 0.29) is 5.78 Å². The maximum Gasteiger partial charge on any atom is 0.194 e. The van der Waals surface area contributed by atoms with Gasteiger partial charge in [0.2, 0.25) is 0 Å². The maximum absolute atomic E-state index is 13.1. The molecule has 0 aliphatic carbocycles. The van der Waals surface area contributed by atoms with E-state index in [1.54, 1.807) is 0 Å². The fraction of sp³-hybridized carbons (Fsp3) is 0.316. The Balaban J connectivity index is 2.70. The molecule has 21 heavy (non-hydrogen) atoms. The Bertz CT molecular complexity index is 719. The van der Waals surface area contributed by atoms with E-state index < -0.39 is 0 Å². The largest absolute Gasteiger partial charge is 0.289 e. The highest BCUT2D eigenvalue weighted by atomic mass is 79.9. The summed E-state index contributed by atoms with van der Waals surface area (Å²) in [5.41, 5.74) is 8.18. The van der Waals surface area contributed by atoms with Crippen LogP contribution < -0.4 is 0 Å². The van der Waals surface area contributed by atoms with Crippen LogP contribution in [0.2, 0.25) is 0 Å². The molecule has 0 atom stereocenters. The molecule has 0 aliphatic heterocycles. The molecule has 0 amide bonds. The number of benzene rings is 2. The lowest BCUT2D eigenvalue weighted by Gasteiger charge is -2.16. The normalized spacial score (nSPS) is 10.8. The molecule has 1 nitrogen and oxygen atoms in total. The lowest BCUT2D eigenvalue weighted by molar-refractivity contribution is 0.103. The number of aryl methyl sites for hydroxylation is 5. The first kappa shape index (κ1) is 16.0. The van der Waals surface area contributed by atoms with Gasteiger partial charge in [0.1, 0.15) is 0 Å². The van der Waals surface area contributed by atoms with Gasteiger partial charge in [0.15, 0.2) is 5.78 Å². The SMILES string of the molecule is Cc1cc(C)c(C(=O)c2c(C)cc(C)c(Br)c2C)c(C)c1. The number of hydrogen-bond donors (Lipinski definition) is 0. The summed E-state index contributed by atoms with van der Waals surface area (Å²) in [6.45, 7) is 12.2. The van der Waals surface area contributed by atoms with Gasteiger partial charge in [0.05, 0.1) is 0 Å². The number of halogens is 1. The fourth-order valence-electron chi connectivity index (χ4n) is 3.17. The molecule has 0 saturated heterocycles. The Morgan fingerprint density at radius 2 is 1.24 bits per heavy atom. The van der Waals surface area contributed by atoms with Crippen LogP contribution in [-0.4, -0.2) is 5.78 Å². The summed E-state index contributed by atoms with van der Waals surface area (Å²) in [4.78, 5) is 13.1. The zero-order valence-electron chi connectivity index (χ0n) is 13.5. The van der Waals surface area contributed by atoms with E-state index in [0.29, 0.717) is 0 Å². The Morgan fingerprint density at radius 3 is 1.76 bits per heavy atom. The minimum atomic E-state index is 0.126. The molecule has 0 saturated carbocycles. The van der Waals surface area contributed by atoms with E-state index in [0.717, 1.165) is 37.9 Å². The van der Waals surface area contributed by atoms with Gasteiger partial charge in [0.25, 0.3) is 0 Å². The van der Waals surface area contributed by atoms with Crippen LogP contribution in [0.3, 0.4) is 0 Å². The third-order valence-electron chi connectivity index (χ3n) is 4.01. The van der Waals surface area contributed by atoms with Gasteiger partial charge in [0, 0.05) is 15.6 Å². The van der Waals surface area contributed by atoms with E-state index in [2.05, 4.69) is 48.0 Å². The first-order valence-corrected chi connectivity index (χ1v) is 7.92. The quantitative estimate of drug-likeness (QED) is 0.654. The molecule has 0 heterocycles. The van der Waals surface area contributed by atoms with Gasteiger partial charge in [-0.25, -0.2) is 0 Å². The van der Waals surface area contributed by atoms with Gasteiger partial charge in [-0.2, -0.15) is 0 Å². The van der Waals surface area contributed by atoms with Crippen molar-refractivity contribution >= 4 is 21.7 Å². The average Bonchev–Trinajstić information content (AvgIpc) is 2.34. The Hall–Kier alpha value is -1.41. The summed E-state index contributed by atoms with van der Waals surface area (Å²) in [5.74, 6) is 0.126. The van der Waals surface area contributed by atoms with Crippen LogP contribution in [0.5, 0.6) is 0 Å². The maximum atomic E-state index is 13.1. The second-order valence-corrected chi connectivity index (χ2v) is 6.72. The smallest absolute Gasteiger partial charge is 0.194 e. The molecule has 0 aromatic heterocycles. The van der Waals surface area contributed by atoms with Crippen molar-refractivity contribution in [1.82, 2.24) is 0 Å². The molecular weight excluding hydrogens is 324 g/mol. The highest BCUT2D eigenvalue weighted by molar-refractivity contribution is 9.10. The molecule has 2 heteroatoms. The monoisotopic (exact) mass is 344 g/mol. The summed E-state index contributed by atoms with van der Waals surface area (Å²) in [5, 5.41) is 0. The summed E-state index contributed by atoms with van der Waals surface area (Å²) in [6.07, 6.45) is 0. The van der Waals surface area contributed by atoms with E-state index in [1.165, 1.54) is 11.1 Å². The van der Waals surface area contributed by atoms with Gasteiger partial charge in [-0.3, -0.25) is 4.79 Å². The number of carbonyl (C=O) groups excluding carboxylic acids is 1. The molecule has 0 spiro atoms. The van der Waals surface area contributed by atoms with Crippen molar-refractivity contribution in [2.75, 3.05) is 0 Å². The molecule has 0 bridgehead atoms. The van der Waals surface area contributed by atoms with Crippen LogP contribution in [0.4, 0.5) is 0 Å². The molecule has 0 N–H and O–H groups in total. The highest BCUT2D eigenvalue weighted by Crippen LogP contribution is 2.30. The Labute approximate surface area is 135 Å². The Kier molecular flexibility index (Phi) is 4.38. The topological polar surface area (TPSA) is 17.1 Å². The highest BCUT2D eigenvalue weighted by Gasteiger charge is 2.20. The zero-order chi connectivity index (χ0) is 15.9. The van der Waals surface area contributed by atoms with Crippen molar-refractivity contribution in [3.05, 3.63) is 67.2 Å². The molecule has 0 radical (unpaired) electrons. The van der Waals surface area contributed by atoms with E-state index in [4.69, 9.17) is 0 Å². The van der Waals surface area contributed by atoms with Gasteiger partial charge in [-0.1, -0.05) is 39.7 Å². The third-order valence-corrected chi connectivity index (χ3v) is 5.23. The average molecular weight is 345 g/mol. The summed E-state index contributed by atoms with van der Waals surface area (Å²) in [6, 6.07) is 6.23. The first-order valence-electron chi connectivity index (χ1n) is 7.13. The molecule has 2 aromatic rings. The van der Waals surface area contributed by atoms with Crippen molar-refractivity contribution in [1.29, 1.82) is 0 Å². The van der Waals surface area contributed by atoms with Gasteiger partial charge < -0.3 is 0 Å². The third kappa shape index (κ3) is 2.82. The molecule has 2 aromatic carbocycles. The lowest BCUT2D eigenvalue weighted by atomic mass is 9.88. The van der Waals surface area contributed by atoms with Gasteiger partial charge in [-0.15, -0.1) is 0 Å². The molecule has 2 rings (SSSR count). The fourth-order valence-corrected chi connectivity index (χ4v) is 3.49. The first-order chi connectivity index (χ1) is 9.73. The molecule has 0 unspecified atom stereocenters. The van der Waals surface area contributed by atoms with Crippen LogP contribution in [0.15, 0.2) is 22.7 Å². The lowest BCUT2D eigenvalue weighted by Crippen LogP contribution is -2.11. The van der Waals surface area contributed by atoms with E-state index >= 15 is 0 Å². The van der Waals surface area contributed by atoms with Crippen LogP contribution in [0.1, 0.15) is 49.3 Å². The molecule has 110 valence electrons. The van der Waals surface area contributed by atoms with Crippen LogP contribution in [-0.2, 0) is 0 Å². The number of hydrogen-bond acceptors (Lipinski definition) is 1. The minimum Gasteiger partial charge on any atom is -0.289 e. The van der Waals surface area contributed by atoms with Crippen molar-refractivity contribution in [3.8, 4) is 0 Å². The van der Waals surface area contributed by atoms with Crippen molar-refractivity contribution in [2.24, 2.45) is 0 Å². The van der Waals surface area contributed by atoms with Crippen molar-refractivity contribution in [3.63, 3.8) is 0 Å². The minimum absolute atomic E-state index is 0.126. The van der Waals surface area contributed by atoms with Gasteiger partial charge in [-0.05, 0) is 69.4 Å². The molecule has 0 aliphatic rings. The van der Waals surface area contributed by atoms with Crippen LogP contribution in [0.25, 0.3) is 0 Å². The summed E-state index contributed by atoms with van der Waals surface area (Å²) >= 11 is 3.60. The van der Waals surface area contributed by atoms with E-state index in [1.807, 2.05) is 27.7 Å². The van der Waals surface area contributed by atoms with Crippen molar-refractivity contribution < 1.29 is 4.79 Å². The number of carbonyl (C=O) groups is 1. The van der Waals surface area contributed by atoms with Crippen LogP contribution >= 0.6 is 15.9 Å². The number of rotatable bonds is 2. The van der Waals surface area contributed by atoms with Crippen molar-refractivity contribution in [2.45, 2.75) is 41.5 Å². The molecule has 0 fully saturated rings. The predicted molar refractivity (Wildman–Crippen MR) is 92.4 cm³/mol.